The van der Waals surface area contributed by atoms with Gasteiger partial charge >= 0.3 is 23.9 Å². The molecule has 0 aliphatic heterocycles. The van der Waals surface area contributed by atoms with Gasteiger partial charge in [-0.05, 0) is 237 Å². The lowest BCUT2D eigenvalue weighted by atomic mass is 10.2. The number of hydrogen-bond donors (Lipinski definition) is 3. The van der Waals surface area contributed by atoms with Crippen LogP contribution in [0.25, 0.3) is 18.2 Å². The molecular formula is C104H38O9. The molecule has 9 heteroatoms. The van der Waals surface area contributed by atoms with Gasteiger partial charge in [-0.1, -0.05) is 134 Å². The largest absolute Gasteiger partial charge is 0.477 e. The first kappa shape index (κ1) is 92.2. The summed E-state index contributed by atoms with van der Waals surface area (Å²) >= 11 is 0. The topological polar surface area (TPSA) is 147 Å². The van der Waals surface area contributed by atoms with Crippen molar-refractivity contribution in [1.29, 1.82) is 0 Å². The third-order valence-corrected chi connectivity index (χ3v) is 9.32. The van der Waals surface area contributed by atoms with E-state index in [-0.39, 0.29) is 27.2 Å². The Morgan fingerprint density at radius 2 is 0.425 bits per heavy atom. The van der Waals surface area contributed by atoms with E-state index in [1.54, 1.807) is 30.4 Å². The lowest BCUT2D eigenvalue weighted by Crippen LogP contribution is -2.18. The van der Waals surface area contributed by atoms with Crippen LogP contribution in [0.5, 0.6) is 0 Å². The van der Waals surface area contributed by atoms with E-state index in [1.165, 1.54) is 0 Å². The molecule has 3 aromatic rings. The molecule has 9 nitrogen and oxygen atoms in total. The first-order valence-corrected chi connectivity index (χ1v) is 30.1. The van der Waals surface area contributed by atoms with Crippen LogP contribution in [0.3, 0.4) is 0 Å². The van der Waals surface area contributed by atoms with E-state index < -0.39 is 35.0 Å². The summed E-state index contributed by atoms with van der Waals surface area (Å²) in [5.41, 5.74) is 167. The van der Waals surface area contributed by atoms with Crippen molar-refractivity contribution in [3.63, 3.8) is 0 Å². The standard InChI is InChI=1S/C56H20O4.C38H4O4.C9H10O.CH4/c1-2-3-4-5-6-7-8-9-10-11-12-13-14-15-16-17-18-19-20-21-22-23-24-25-26-27-28-29-30-31-32-33-40-49-54(55(57)59-50-41-47-52-43-36-34-37-44-52)56(58)60-51-42-48-53-45-38-35-39-46-53;1-2-3-4-5-6-7-8-9-10-11-12-13-14-15-16-17-18-19-20-21-22-23-24-25-26-27-28-29-30-31-32-33-34-35-36(37(39)40)38(41)42;10-8-4-7-9-5-2-1-3-6-9;/h34-39,41-48H,1,50-51H2;1H2,(H,39,40)(H,41,42);1-7,10H,8H2;1H4/b47-41+,48-42+;;7-4+;. The van der Waals surface area contributed by atoms with E-state index in [0.29, 0.717) is 0 Å². The lowest BCUT2D eigenvalue weighted by Gasteiger charge is -2.04. The Morgan fingerprint density at radius 1 is 0.257 bits per heavy atom. The minimum atomic E-state index is -1.66. The van der Waals surface area contributed by atoms with Crippen molar-refractivity contribution in [2.45, 2.75) is 7.43 Å². The quantitative estimate of drug-likeness (QED) is 0.0530. The van der Waals surface area contributed by atoms with Gasteiger partial charge in [-0.3, -0.25) is 0 Å². The summed E-state index contributed by atoms with van der Waals surface area (Å²) in [6.07, 6.45) is 10.4. The highest BCUT2D eigenvalue weighted by Gasteiger charge is 2.21. The van der Waals surface area contributed by atoms with Gasteiger partial charge in [0, 0.05) is 183 Å². The van der Waals surface area contributed by atoms with E-state index in [4.69, 9.17) is 24.8 Å². The maximum Gasteiger partial charge on any atom is 0.354 e. The van der Waals surface area contributed by atoms with E-state index in [1.807, 2.05) is 103 Å². The van der Waals surface area contributed by atoms with Crippen molar-refractivity contribution >= 4 is 42.1 Å². The molecule has 0 spiro atoms. The summed E-state index contributed by atoms with van der Waals surface area (Å²) in [6.45, 7) is 6.55. The number of aliphatic hydroxyl groups is 1. The van der Waals surface area contributed by atoms with Gasteiger partial charge in [0.2, 0.25) is 0 Å². The maximum atomic E-state index is 12.7. The molecular weight excluding hydrogens is 1390 g/mol. The van der Waals surface area contributed by atoms with E-state index in [2.05, 4.69) is 397 Å². The number of ether oxygens (including phenoxy) is 2. The van der Waals surface area contributed by atoms with E-state index >= 15 is 0 Å². The first-order chi connectivity index (χ1) is 55.2. The SMILES string of the molecule is C.C=C=C=C=C=C=C=C=C=C=C=C=C=C=C=C=C=C=C=C=C=C=C=C=C=C=C=C=C=C=C=C=C=C=C=C(C(=O)O)C(=O)O.C=C=C=C=C=C=C=C=C=C=C=C=C=C=C=C=C=C=C=C=C=C=C=C=C=C=C=C=C=C=C=C=C=C=C=C(C(=O)OC/C=C/c1ccccc1)C(=O)OC/C=C/c1ccccc1.OC/C=C/c1ccccc1. The molecule has 0 fully saturated rings. The Labute approximate surface area is 649 Å². The molecule has 0 saturated carbocycles. The van der Waals surface area contributed by atoms with E-state index in [9.17, 15) is 19.2 Å². The molecule has 0 unspecified atom stereocenters. The van der Waals surface area contributed by atoms with Crippen LogP contribution in [0.15, 0.2) is 523 Å². The molecule has 0 aliphatic rings. The van der Waals surface area contributed by atoms with Gasteiger partial charge in [0.05, 0.1) is 6.61 Å². The fraction of sp³-hybridized carbons (Fsp3) is 0.0385. The van der Waals surface area contributed by atoms with Crippen molar-refractivity contribution in [2.75, 3.05) is 19.8 Å². The molecule has 3 N–H and O–H groups in total. The molecule has 0 radical (unpaired) electrons. The smallest absolute Gasteiger partial charge is 0.354 e. The zero-order valence-corrected chi connectivity index (χ0v) is 58.0. The summed E-state index contributed by atoms with van der Waals surface area (Å²) in [6, 6.07) is 28.8. The molecule has 508 valence electrons. The Balaban J connectivity index is 0.00000204. The van der Waals surface area contributed by atoms with Gasteiger partial charge in [-0.25, -0.2) is 19.2 Å². The average Bonchev–Trinajstić information content (AvgIpc) is 0.894. The van der Waals surface area contributed by atoms with Crippen LogP contribution in [-0.2, 0) is 28.7 Å². The molecule has 0 amide bonds. The van der Waals surface area contributed by atoms with Crippen LogP contribution in [0.4, 0.5) is 0 Å². The van der Waals surface area contributed by atoms with Gasteiger partial charge in [0.1, 0.15) is 13.2 Å². The molecule has 0 saturated heterocycles. The minimum Gasteiger partial charge on any atom is -0.477 e. The summed E-state index contributed by atoms with van der Waals surface area (Å²) in [5, 5.41) is 25.6. The summed E-state index contributed by atoms with van der Waals surface area (Å²) in [5.74, 6) is -5.22. The predicted molar refractivity (Wildman–Crippen MR) is 415 cm³/mol. The Hall–Kier alpha value is -20.8. The number of benzene rings is 3. The number of hydrogen-bond acceptors (Lipinski definition) is 7. The van der Waals surface area contributed by atoms with E-state index in [0.717, 1.165) is 16.7 Å². The fourth-order valence-electron chi connectivity index (χ4n) is 5.18. The third-order valence-electron chi connectivity index (χ3n) is 9.32. The zero-order valence-electron chi connectivity index (χ0n) is 58.0. The molecule has 0 atom stereocenters. The first-order valence-electron chi connectivity index (χ1n) is 30.1. The Bertz CT molecular complexity index is 7270. The van der Waals surface area contributed by atoms with Crippen molar-refractivity contribution in [2.24, 2.45) is 0 Å². The predicted octanol–water partition coefficient (Wildman–Crippen LogP) is 16.6. The lowest BCUT2D eigenvalue weighted by molar-refractivity contribution is -0.146. The minimum absolute atomic E-state index is 0. The number of aliphatic hydroxyl groups excluding tert-OH is 1. The molecule has 3 aromatic carbocycles. The molecule has 3 rings (SSSR count). The van der Waals surface area contributed by atoms with Gasteiger partial charge in [-0.15, -0.1) is 0 Å². The second-order valence-corrected chi connectivity index (χ2v) is 16.8. The van der Waals surface area contributed by atoms with Gasteiger partial charge in [-0.2, -0.15) is 0 Å². The van der Waals surface area contributed by atoms with Crippen LogP contribution in [0, 0.1) is 0 Å². The summed E-state index contributed by atoms with van der Waals surface area (Å²) < 4.78 is 10.4. The fourth-order valence-corrected chi connectivity index (χ4v) is 5.18. The number of rotatable bonds is 12. The second-order valence-electron chi connectivity index (χ2n) is 16.8. The highest BCUT2D eigenvalue weighted by atomic mass is 16.6. The maximum absolute atomic E-state index is 12.7. The van der Waals surface area contributed by atoms with Gasteiger partial charge < -0.3 is 24.8 Å². The monoisotopic (exact) mass is 1430 g/mol. The van der Waals surface area contributed by atoms with Crippen LogP contribution in [0.1, 0.15) is 24.1 Å². The Morgan fingerprint density at radius 3 is 0.602 bits per heavy atom. The van der Waals surface area contributed by atoms with Crippen molar-refractivity contribution in [3.8, 4) is 0 Å². The molecule has 0 heterocycles. The van der Waals surface area contributed by atoms with Crippen LogP contribution >= 0.6 is 0 Å². The van der Waals surface area contributed by atoms with Crippen LogP contribution in [-0.4, -0.2) is 59.0 Å². The van der Waals surface area contributed by atoms with Crippen molar-refractivity contribution in [3.05, 3.63) is 540 Å². The number of carbonyl (C=O) groups is 4. The highest BCUT2D eigenvalue weighted by Crippen LogP contribution is 2.05. The average molecular weight is 1430 g/mol. The van der Waals surface area contributed by atoms with Gasteiger partial charge in [0.25, 0.3) is 0 Å². The number of aliphatic carboxylic acids is 2. The van der Waals surface area contributed by atoms with Crippen molar-refractivity contribution in [1.82, 2.24) is 0 Å². The summed E-state index contributed by atoms with van der Waals surface area (Å²) in [7, 11) is 0. The van der Waals surface area contributed by atoms with Crippen molar-refractivity contribution < 1.29 is 44.0 Å². The number of carboxylic acids is 2. The molecule has 0 bridgehead atoms. The number of esters is 2. The van der Waals surface area contributed by atoms with Crippen LogP contribution < -0.4 is 0 Å². The highest BCUT2D eigenvalue weighted by molar-refractivity contribution is 6.14. The Kier molecular flexibility index (Phi) is 60.4. The van der Waals surface area contributed by atoms with Gasteiger partial charge in [0.15, 0.2) is 11.1 Å². The number of carboxylic acid groups (broad SMARTS) is 2. The third kappa shape index (κ3) is 63.2. The van der Waals surface area contributed by atoms with Crippen LogP contribution in [0.2, 0.25) is 0 Å². The second kappa shape index (κ2) is 73.9. The molecule has 0 aromatic heterocycles. The summed E-state index contributed by atoms with van der Waals surface area (Å²) in [4.78, 5) is 46.5. The molecule has 113 heavy (non-hydrogen) atoms. The normalized spacial score (nSPS) is 6.38. The zero-order chi connectivity index (χ0) is 80.7. The molecule has 0 aliphatic carbocycles. The number of carbonyl (C=O) groups excluding carboxylic acids is 2.